The first-order valence-electron chi connectivity index (χ1n) is 9.64. The second kappa shape index (κ2) is 12.7. The number of allylic oxidation sites excluding steroid dienone is 1. The number of hydrogen-bond acceptors (Lipinski definition) is 2. The average molecular weight is 309 g/mol. The van der Waals surface area contributed by atoms with E-state index >= 15 is 0 Å². The lowest BCUT2D eigenvalue weighted by molar-refractivity contribution is -0.145. The Morgan fingerprint density at radius 1 is 0.955 bits per heavy atom. The molecular weight excluding hydrogens is 272 g/mol. The van der Waals surface area contributed by atoms with E-state index in [0.717, 1.165) is 31.3 Å². The molecule has 0 aromatic rings. The number of esters is 1. The van der Waals surface area contributed by atoms with Gasteiger partial charge in [0, 0.05) is 5.57 Å². The first-order valence-corrected chi connectivity index (χ1v) is 9.64. The third-order valence-corrected chi connectivity index (χ3v) is 4.74. The van der Waals surface area contributed by atoms with E-state index in [1.54, 1.807) is 0 Å². The van der Waals surface area contributed by atoms with Crippen molar-refractivity contribution in [1.29, 1.82) is 0 Å². The van der Waals surface area contributed by atoms with Gasteiger partial charge in [-0.25, -0.2) is 4.79 Å². The van der Waals surface area contributed by atoms with Crippen molar-refractivity contribution >= 4 is 5.97 Å². The molecular formula is C20H36O2. The molecule has 1 rings (SSSR count). The Morgan fingerprint density at radius 3 is 2.14 bits per heavy atom. The largest absolute Gasteiger partial charge is 0.459 e. The van der Waals surface area contributed by atoms with Crippen LogP contribution in [0.4, 0.5) is 0 Å². The van der Waals surface area contributed by atoms with Gasteiger partial charge in [-0.15, -0.1) is 0 Å². The van der Waals surface area contributed by atoms with E-state index in [0.29, 0.717) is 0 Å². The highest BCUT2D eigenvalue weighted by atomic mass is 16.5. The predicted molar refractivity (Wildman–Crippen MR) is 93.9 cm³/mol. The minimum atomic E-state index is -0.0580. The fourth-order valence-corrected chi connectivity index (χ4v) is 3.22. The molecule has 2 nitrogen and oxygen atoms in total. The molecule has 0 bridgehead atoms. The number of carbonyl (C=O) groups is 1. The highest BCUT2D eigenvalue weighted by Gasteiger charge is 2.19. The van der Waals surface area contributed by atoms with Crippen LogP contribution in [0.15, 0.2) is 11.6 Å². The standard InChI is InChI=1S/C20H36O2/c1-3-5-6-7-8-9-10-12-15-18(4-2)20(21)22-19-16-13-11-14-17-19/h4,19H,3,5-17H2,1-2H3. The lowest BCUT2D eigenvalue weighted by Gasteiger charge is -2.22. The summed E-state index contributed by atoms with van der Waals surface area (Å²) in [7, 11) is 0. The Bertz CT molecular complexity index is 314. The molecule has 0 atom stereocenters. The summed E-state index contributed by atoms with van der Waals surface area (Å²) in [6.45, 7) is 4.22. The molecule has 22 heavy (non-hydrogen) atoms. The SMILES string of the molecule is CC=C(CCCCCCCCCC)C(=O)OC1CCCCC1. The fourth-order valence-electron chi connectivity index (χ4n) is 3.22. The van der Waals surface area contributed by atoms with E-state index < -0.39 is 0 Å². The summed E-state index contributed by atoms with van der Waals surface area (Å²) in [5.74, 6) is -0.0580. The number of hydrogen-bond donors (Lipinski definition) is 0. The molecule has 0 aromatic heterocycles. The van der Waals surface area contributed by atoms with Gasteiger partial charge in [0.25, 0.3) is 0 Å². The molecule has 0 heterocycles. The van der Waals surface area contributed by atoms with Crippen LogP contribution in [0.5, 0.6) is 0 Å². The molecule has 0 spiro atoms. The highest BCUT2D eigenvalue weighted by molar-refractivity contribution is 5.88. The van der Waals surface area contributed by atoms with Crippen molar-refractivity contribution in [2.75, 3.05) is 0 Å². The molecule has 0 saturated heterocycles. The molecule has 0 aliphatic heterocycles. The van der Waals surface area contributed by atoms with Crippen LogP contribution in [0.2, 0.25) is 0 Å². The summed E-state index contributed by atoms with van der Waals surface area (Å²) in [5.41, 5.74) is 0.886. The van der Waals surface area contributed by atoms with Gasteiger partial charge in [0.05, 0.1) is 0 Å². The number of unbranched alkanes of at least 4 members (excludes halogenated alkanes) is 7. The first-order chi connectivity index (χ1) is 10.8. The summed E-state index contributed by atoms with van der Waals surface area (Å²) in [6, 6.07) is 0. The van der Waals surface area contributed by atoms with Crippen LogP contribution >= 0.6 is 0 Å². The van der Waals surface area contributed by atoms with E-state index in [9.17, 15) is 4.79 Å². The van der Waals surface area contributed by atoms with Crippen LogP contribution in [0, 0.1) is 0 Å². The van der Waals surface area contributed by atoms with Crippen molar-refractivity contribution in [2.45, 2.75) is 110 Å². The van der Waals surface area contributed by atoms with Crippen molar-refractivity contribution in [3.8, 4) is 0 Å². The molecule has 1 aliphatic carbocycles. The molecule has 0 radical (unpaired) electrons. The van der Waals surface area contributed by atoms with Crippen LogP contribution in [-0.4, -0.2) is 12.1 Å². The van der Waals surface area contributed by atoms with Gasteiger partial charge < -0.3 is 4.74 Å². The summed E-state index contributed by atoms with van der Waals surface area (Å²) >= 11 is 0. The molecule has 0 aromatic carbocycles. The second-order valence-electron chi connectivity index (χ2n) is 6.70. The van der Waals surface area contributed by atoms with Crippen LogP contribution in [-0.2, 0) is 9.53 Å². The van der Waals surface area contributed by atoms with Gasteiger partial charge >= 0.3 is 5.97 Å². The van der Waals surface area contributed by atoms with Crippen LogP contribution < -0.4 is 0 Å². The summed E-state index contributed by atoms with van der Waals surface area (Å²) in [4.78, 5) is 12.2. The van der Waals surface area contributed by atoms with Crippen LogP contribution in [0.3, 0.4) is 0 Å². The smallest absolute Gasteiger partial charge is 0.333 e. The minimum absolute atomic E-state index is 0.0580. The lowest BCUT2D eigenvalue weighted by Crippen LogP contribution is -2.21. The Hall–Kier alpha value is -0.790. The van der Waals surface area contributed by atoms with E-state index in [4.69, 9.17) is 4.74 Å². The molecule has 2 heteroatoms. The van der Waals surface area contributed by atoms with Crippen molar-refractivity contribution in [3.05, 3.63) is 11.6 Å². The maximum atomic E-state index is 12.2. The van der Waals surface area contributed by atoms with E-state index in [-0.39, 0.29) is 12.1 Å². The summed E-state index contributed by atoms with van der Waals surface area (Å²) in [5, 5.41) is 0. The third-order valence-electron chi connectivity index (χ3n) is 4.74. The van der Waals surface area contributed by atoms with Crippen molar-refractivity contribution < 1.29 is 9.53 Å². The topological polar surface area (TPSA) is 26.3 Å². The minimum Gasteiger partial charge on any atom is -0.459 e. The zero-order valence-corrected chi connectivity index (χ0v) is 14.9. The van der Waals surface area contributed by atoms with Crippen LogP contribution in [0.25, 0.3) is 0 Å². The normalized spacial score (nSPS) is 16.7. The number of carbonyl (C=O) groups excluding carboxylic acids is 1. The molecule has 1 aliphatic rings. The average Bonchev–Trinajstić information content (AvgIpc) is 2.54. The van der Waals surface area contributed by atoms with Gasteiger partial charge in [-0.2, -0.15) is 0 Å². The van der Waals surface area contributed by atoms with Gasteiger partial charge in [-0.1, -0.05) is 64.4 Å². The third kappa shape index (κ3) is 8.60. The Morgan fingerprint density at radius 2 is 1.55 bits per heavy atom. The maximum absolute atomic E-state index is 12.2. The molecule has 0 amide bonds. The summed E-state index contributed by atoms with van der Waals surface area (Å²) in [6.07, 6.45) is 19.3. The van der Waals surface area contributed by atoms with Gasteiger partial charge in [0.2, 0.25) is 0 Å². The Kier molecular flexibility index (Phi) is 11.1. The maximum Gasteiger partial charge on any atom is 0.333 e. The van der Waals surface area contributed by atoms with E-state index in [1.165, 1.54) is 64.2 Å². The summed E-state index contributed by atoms with van der Waals surface area (Å²) < 4.78 is 5.66. The Balaban J connectivity index is 2.09. The number of rotatable bonds is 11. The zero-order valence-electron chi connectivity index (χ0n) is 14.9. The highest BCUT2D eigenvalue weighted by Crippen LogP contribution is 2.22. The fraction of sp³-hybridized carbons (Fsp3) is 0.850. The zero-order chi connectivity index (χ0) is 16.0. The Labute approximate surface area is 137 Å². The predicted octanol–water partition coefficient (Wildman–Crippen LogP) is 6.34. The first kappa shape index (κ1) is 19.3. The van der Waals surface area contributed by atoms with Crippen molar-refractivity contribution in [1.82, 2.24) is 0 Å². The lowest BCUT2D eigenvalue weighted by atomic mass is 9.97. The quantitative estimate of drug-likeness (QED) is 0.253. The van der Waals surface area contributed by atoms with E-state index in [1.807, 2.05) is 13.0 Å². The molecule has 0 unspecified atom stereocenters. The van der Waals surface area contributed by atoms with Gasteiger partial charge in [0.15, 0.2) is 0 Å². The molecule has 128 valence electrons. The van der Waals surface area contributed by atoms with Gasteiger partial charge in [0.1, 0.15) is 6.10 Å². The molecule has 1 fully saturated rings. The second-order valence-corrected chi connectivity index (χ2v) is 6.70. The molecule has 0 N–H and O–H groups in total. The van der Waals surface area contributed by atoms with E-state index in [2.05, 4.69) is 6.92 Å². The molecule has 1 saturated carbocycles. The van der Waals surface area contributed by atoms with Gasteiger partial charge in [-0.3, -0.25) is 0 Å². The van der Waals surface area contributed by atoms with Crippen LogP contribution in [0.1, 0.15) is 104 Å². The van der Waals surface area contributed by atoms with Crippen molar-refractivity contribution in [3.63, 3.8) is 0 Å². The number of ether oxygens (including phenoxy) is 1. The van der Waals surface area contributed by atoms with Gasteiger partial charge in [-0.05, 0) is 45.4 Å². The monoisotopic (exact) mass is 308 g/mol. The van der Waals surface area contributed by atoms with Crippen molar-refractivity contribution in [2.24, 2.45) is 0 Å².